The Bertz CT molecular complexity index is 653. The molecule has 1 atom stereocenters. The quantitative estimate of drug-likeness (QED) is 0.883. The van der Waals surface area contributed by atoms with Gasteiger partial charge < -0.3 is 10.6 Å². The molecule has 2 aromatic rings. The summed E-state index contributed by atoms with van der Waals surface area (Å²) < 4.78 is 12.9. The maximum absolute atomic E-state index is 12.9. The van der Waals surface area contributed by atoms with Crippen LogP contribution in [0.3, 0.4) is 0 Å². The number of hydrogen-bond acceptors (Lipinski definition) is 2. The van der Waals surface area contributed by atoms with Crippen LogP contribution in [0.25, 0.3) is 0 Å². The molecule has 0 radical (unpaired) electrons. The van der Waals surface area contributed by atoms with Crippen molar-refractivity contribution < 1.29 is 9.18 Å². The highest BCUT2D eigenvalue weighted by Gasteiger charge is 2.10. The molecule has 0 aliphatic heterocycles. The highest BCUT2D eigenvalue weighted by molar-refractivity contribution is 5.81. The molecule has 0 saturated carbocycles. The minimum Gasteiger partial charge on any atom is -0.376 e. The van der Waals surface area contributed by atoms with Crippen LogP contribution >= 0.6 is 0 Å². The molecule has 0 saturated heterocycles. The second-order valence-electron chi connectivity index (χ2n) is 5.51. The number of anilines is 1. The van der Waals surface area contributed by atoms with Gasteiger partial charge in [-0.05, 0) is 55.7 Å². The third kappa shape index (κ3) is 4.32. The molecule has 2 aromatic carbocycles. The van der Waals surface area contributed by atoms with Crippen molar-refractivity contribution in [3.8, 4) is 0 Å². The Labute approximate surface area is 130 Å². The minimum absolute atomic E-state index is 0.0993. The standard InChI is InChI=1S/C18H21FN2O/c1-12-4-5-13(2)17(10-12)20-11-18(22)21-14(3)15-6-8-16(19)9-7-15/h4-10,14,20H,11H2,1-3H3,(H,21,22). The summed E-state index contributed by atoms with van der Waals surface area (Å²) in [4.78, 5) is 12.0. The number of amides is 1. The van der Waals surface area contributed by atoms with Crippen LogP contribution in [0.2, 0.25) is 0 Å². The number of aryl methyl sites for hydroxylation is 2. The summed E-state index contributed by atoms with van der Waals surface area (Å²) in [6.07, 6.45) is 0. The van der Waals surface area contributed by atoms with Crippen molar-refractivity contribution in [2.24, 2.45) is 0 Å². The van der Waals surface area contributed by atoms with E-state index in [4.69, 9.17) is 0 Å². The number of halogens is 1. The molecule has 0 fully saturated rings. The number of carbonyl (C=O) groups excluding carboxylic acids is 1. The monoisotopic (exact) mass is 300 g/mol. The van der Waals surface area contributed by atoms with Crippen LogP contribution in [-0.4, -0.2) is 12.5 Å². The van der Waals surface area contributed by atoms with Crippen molar-refractivity contribution in [2.75, 3.05) is 11.9 Å². The molecule has 116 valence electrons. The summed E-state index contributed by atoms with van der Waals surface area (Å²) in [6.45, 7) is 6.10. The van der Waals surface area contributed by atoms with Crippen LogP contribution in [0, 0.1) is 19.7 Å². The van der Waals surface area contributed by atoms with Gasteiger partial charge in [0, 0.05) is 5.69 Å². The summed E-state index contributed by atoms with van der Waals surface area (Å²) >= 11 is 0. The van der Waals surface area contributed by atoms with E-state index in [0.717, 1.165) is 22.4 Å². The number of carbonyl (C=O) groups is 1. The normalized spacial score (nSPS) is 11.8. The maximum Gasteiger partial charge on any atom is 0.239 e. The van der Waals surface area contributed by atoms with E-state index < -0.39 is 0 Å². The fraction of sp³-hybridized carbons (Fsp3) is 0.278. The first-order chi connectivity index (χ1) is 10.5. The van der Waals surface area contributed by atoms with Crippen LogP contribution in [0.4, 0.5) is 10.1 Å². The van der Waals surface area contributed by atoms with Crippen LogP contribution in [0.5, 0.6) is 0 Å². The fourth-order valence-electron chi connectivity index (χ4n) is 2.23. The van der Waals surface area contributed by atoms with Gasteiger partial charge in [-0.1, -0.05) is 24.3 Å². The van der Waals surface area contributed by atoms with Gasteiger partial charge in [0.15, 0.2) is 0 Å². The largest absolute Gasteiger partial charge is 0.376 e. The molecule has 0 aromatic heterocycles. The molecular formula is C18H21FN2O. The molecule has 3 nitrogen and oxygen atoms in total. The van der Waals surface area contributed by atoms with Crippen molar-refractivity contribution in [1.82, 2.24) is 5.32 Å². The lowest BCUT2D eigenvalue weighted by Crippen LogP contribution is -2.32. The molecule has 22 heavy (non-hydrogen) atoms. The lowest BCUT2D eigenvalue weighted by molar-refractivity contribution is -0.120. The van der Waals surface area contributed by atoms with Crippen molar-refractivity contribution in [3.05, 3.63) is 65.0 Å². The number of nitrogens with one attached hydrogen (secondary N) is 2. The Morgan fingerprint density at radius 1 is 1.14 bits per heavy atom. The Balaban J connectivity index is 1.90. The number of benzene rings is 2. The second kappa shape index (κ2) is 7.07. The van der Waals surface area contributed by atoms with Gasteiger partial charge in [0.2, 0.25) is 5.91 Å². The summed E-state index contributed by atoms with van der Waals surface area (Å²) in [5.74, 6) is -0.378. The van der Waals surface area contributed by atoms with E-state index in [1.807, 2.05) is 39.0 Å². The molecule has 1 unspecified atom stereocenters. The van der Waals surface area contributed by atoms with Gasteiger partial charge in [-0.3, -0.25) is 4.79 Å². The Morgan fingerprint density at radius 2 is 1.82 bits per heavy atom. The highest BCUT2D eigenvalue weighted by Crippen LogP contribution is 2.16. The van der Waals surface area contributed by atoms with E-state index in [2.05, 4.69) is 10.6 Å². The minimum atomic E-state index is -0.279. The van der Waals surface area contributed by atoms with E-state index in [1.165, 1.54) is 12.1 Å². The molecule has 2 N–H and O–H groups in total. The zero-order valence-electron chi connectivity index (χ0n) is 13.1. The van der Waals surface area contributed by atoms with Gasteiger partial charge in [-0.2, -0.15) is 0 Å². The van der Waals surface area contributed by atoms with E-state index >= 15 is 0 Å². The predicted molar refractivity (Wildman–Crippen MR) is 87.4 cm³/mol. The third-order valence-corrected chi connectivity index (χ3v) is 3.58. The van der Waals surface area contributed by atoms with Crippen molar-refractivity contribution in [2.45, 2.75) is 26.8 Å². The van der Waals surface area contributed by atoms with Crippen LogP contribution < -0.4 is 10.6 Å². The van der Waals surface area contributed by atoms with Gasteiger partial charge in [0.1, 0.15) is 5.82 Å². The first-order valence-corrected chi connectivity index (χ1v) is 7.31. The van der Waals surface area contributed by atoms with Crippen LogP contribution in [-0.2, 0) is 4.79 Å². The van der Waals surface area contributed by atoms with Gasteiger partial charge in [0.25, 0.3) is 0 Å². The molecule has 0 aliphatic carbocycles. The smallest absolute Gasteiger partial charge is 0.239 e. The van der Waals surface area contributed by atoms with Gasteiger partial charge in [-0.25, -0.2) is 4.39 Å². The Hall–Kier alpha value is -2.36. The molecule has 1 amide bonds. The SMILES string of the molecule is Cc1ccc(C)c(NCC(=O)NC(C)c2ccc(F)cc2)c1. The van der Waals surface area contributed by atoms with E-state index in [-0.39, 0.29) is 24.3 Å². The molecule has 0 heterocycles. The van der Waals surface area contributed by atoms with Crippen LogP contribution in [0.1, 0.15) is 29.7 Å². The van der Waals surface area contributed by atoms with Crippen molar-refractivity contribution in [3.63, 3.8) is 0 Å². The Morgan fingerprint density at radius 3 is 2.50 bits per heavy atom. The molecular weight excluding hydrogens is 279 g/mol. The predicted octanol–water partition coefficient (Wildman–Crippen LogP) is 3.73. The first-order valence-electron chi connectivity index (χ1n) is 7.31. The average Bonchev–Trinajstić information content (AvgIpc) is 2.49. The fourth-order valence-corrected chi connectivity index (χ4v) is 2.23. The van der Waals surface area contributed by atoms with E-state index in [1.54, 1.807) is 12.1 Å². The summed E-state index contributed by atoms with van der Waals surface area (Å²) in [5.41, 5.74) is 4.09. The topological polar surface area (TPSA) is 41.1 Å². The highest BCUT2D eigenvalue weighted by atomic mass is 19.1. The van der Waals surface area contributed by atoms with Crippen molar-refractivity contribution in [1.29, 1.82) is 0 Å². The zero-order chi connectivity index (χ0) is 16.1. The number of rotatable bonds is 5. The molecule has 0 spiro atoms. The van der Waals surface area contributed by atoms with E-state index in [9.17, 15) is 9.18 Å². The Kier molecular flexibility index (Phi) is 5.15. The lowest BCUT2D eigenvalue weighted by Gasteiger charge is -2.16. The second-order valence-corrected chi connectivity index (χ2v) is 5.51. The first kappa shape index (κ1) is 16.0. The molecule has 2 rings (SSSR count). The van der Waals surface area contributed by atoms with Gasteiger partial charge in [0.05, 0.1) is 12.6 Å². The van der Waals surface area contributed by atoms with Crippen molar-refractivity contribution >= 4 is 11.6 Å². The summed E-state index contributed by atoms with van der Waals surface area (Å²) in [7, 11) is 0. The van der Waals surface area contributed by atoms with Gasteiger partial charge >= 0.3 is 0 Å². The molecule has 4 heteroatoms. The lowest BCUT2D eigenvalue weighted by atomic mass is 10.1. The average molecular weight is 300 g/mol. The summed E-state index contributed by atoms with van der Waals surface area (Å²) in [5, 5.41) is 6.04. The van der Waals surface area contributed by atoms with E-state index in [0.29, 0.717) is 0 Å². The van der Waals surface area contributed by atoms with Crippen LogP contribution in [0.15, 0.2) is 42.5 Å². The molecule has 0 aliphatic rings. The molecule has 0 bridgehead atoms. The maximum atomic E-state index is 12.9. The van der Waals surface area contributed by atoms with Gasteiger partial charge in [-0.15, -0.1) is 0 Å². The summed E-state index contributed by atoms with van der Waals surface area (Å²) in [6, 6.07) is 12.1. The number of hydrogen-bond donors (Lipinski definition) is 2. The zero-order valence-corrected chi connectivity index (χ0v) is 13.1. The third-order valence-electron chi connectivity index (χ3n) is 3.58.